The Morgan fingerprint density at radius 2 is 1.15 bits per heavy atom. The average Bonchev–Trinajstić information content (AvgIpc) is 2.66. The lowest BCUT2D eigenvalue weighted by molar-refractivity contribution is 0.449. The Labute approximate surface area is 149 Å². The van der Waals surface area contributed by atoms with E-state index in [0.717, 1.165) is 33.5 Å². The summed E-state index contributed by atoms with van der Waals surface area (Å²) in [7, 11) is 0. The smallest absolute Gasteiger partial charge is 0.195 e. The number of fused-ring (bicyclic) bond motifs is 1. The van der Waals surface area contributed by atoms with E-state index in [1.54, 1.807) is 12.1 Å². The predicted molar refractivity (Wildman–Crippen MR) is 99.4 cm³/mol. The van der Waals surface area contributed by atoms with Crippen LogP contribution in [0.2, 0.25) is 0 Å². The molecule has 0 aromatic heterocycles. The number of rotatable bonds is 2. The Kier molecular flexibility index (Phi) is 4.00. The molecule has 0 bridgehead atoms. The molecule has 0 unspecified atom stereocenters. The molecule has 128 valence electrons. The fourth-order valence-corrected chi connectivity index (χ4v) is 3.40. The highest BCUT2D eigenvalue weighted by Gasteiger charge is 2.18. The summed E-state index contributed by atoms with van der Waals surface area (Å²) in [5.74, 6) is -3.81. The van der Waals surface area contributed by atoms with Crippen molar-refractivity contribution in [3.63, 3.8) is 0 Å². The van der Waals surface area contributed by atoms with Crippen LogP contribution in [0.15, 0.2) is 72.8 Å². The molecule has 0 aliphatic rings. The molecule has 0 radical (unpaired) electrons. The van der Waals surface area contributed by atoms with Crippen molar-refractivity contribution in [2.45, 2.75) is 6.92 Å². The van der Waals surface area contributed by atoms with Gasteiger partial charge in [-0.15, -0.1) is 0 Å². The molecule has 4 aromatic carbocycles. The van der Waals surface area contributed by atoms with E-state index in [1.165, 1.54) is 6.07 Å². The minimum atomic E-state index is -1.45. The SMILES string of the molecule is Cc1ccccc1-c1cccc2cccc(-c3ccc(F)c(F)c3F)c12. The lowest BCUT2D eigenvalue weighted by Crippen LogP contribution is -1.95. The third-order valence-electron chi connectivity index (χ3n) is 4.67. The van der Waals surface area contributed by atoms with Crippen molar-refractivity contribution in [2.24, 2.45) is 0 Å². The quantitative estimate of drug-likeness (QED) is 0.346. The van der Waals surface area contributed by atoms with Gasteiger partial charge in [0.05, 0.1) is 0 Å². The number of aryl methyl sites for hydroxylation is 1. The summed E-state index contributed by atoms with van der Waals surface area (Å²) in [5.41, 5.74) is 3.63. The van der Waals surface area contributed by atoms with Crippen LogP contribution in [-0.2, 0) is 0 Å². The first kappa shape index (κ1) is 16.4. The molecule has 0 N–H and O–H groups in total. The number of hydrogen-bond acceptors (Lipinski definition) is 0. The van der Waals surface area contributed by atoms with E-state index in [1.807, 2.05) is 55.5 Å². The third-order valence-corrected chi connectivity index (χ3v) is 4.67. The number of hydrogen-bond donors (Lipinski definition) is 0. The Morgan fingerprint density at radius 1 is 0.538 bits per heavy atom. The summed E-state index contributed by atoms with van der Waals surface area (Å²) in [6.07, 6.45) is 0. The zero-order valence-corrected chi connectivity index (χ0v) is 14.1. The lowest BCUT2D eigenvalue weighted by Gasteiger charge is -2.15. The van der Waals surface area contributed by atoms with Crippen LogP contribution < -0.4 is 0 Å². The standard InChI is InChI=1S/C23H15F3/c1-14-6-2-3-9-16(14)17-10-4-7-15-8-5-11-18(21(15)17)19-12-13-20(24)23(26)22(19)25/h2-13H,1H3. The highest BCUT2D eigenvalue weighted by molar-refractivity contribution is 6.06. The first-order valence-corrected chi connectivity index (χ1v) is 8.29. The maximum atomic E-state index is 14.5. The maximum Gasteiger partial charge on any atom is 0.195 e. The van der Waals surface area contributed by atoms with Gasteiger partial charge in [0.1, 0.15) is 0 Å². The second-order valence-corrected chi connectivity index (χ2v) is 6.25. The molecule has 3 heteroatoms. The van der Waals surface area contributed by atoms with Crippen LogP contribution in [-0.4, -0.2) is 0 Å². The molecular weight excluding hydrogens is 333 g/mol. The van der Waals surface area contributed by atoms with Crippen LogP contribution in [0.3, 0.4) is 0 Å². The van der Waals surface area contributed by atoms with Crippen LogP contribution in [0.1, 0.15) is 5.56 Å². The van der Waals surface area contributed by atoms with Gasteiger partial charge < -0.3 is 0 Å². The highest BCUT2D eigenvalue weighted by atomic mass is 19.2. The highest BCUT2D eigenvalue weighted by Crippen LogP contribution is 2.38. The van der Waals surface area contributed by atoms with E-state index in [0.29, 0.717) is 5.56 Å². The Bertz CT molecular complexity index is 1120. The Morgan fingerprint density at radius 3 is 1.85 bits per heavy atom. The molecule has 4 aromatic rings. The van der Waals surface area contributed by atoms with E-state index in [2.05, 4.69) is 0 Å². The topological polar surface area (TPSA) is 0 Å². The molecule has 0 spiro atoms. The molecule has 0 heterocycles. The first-order chi connectivity index (χ1) is 12.6. The zero-order valence-electron chi connectivity index (χ0n) is 14.1. The molecule has 0 amide bonds. The van der Waals surface area contributed by atoms with Crippen LogP contribution in [0.5, 0.6) is 0 Å². The molecule has 0 nitrogen and oxygen atoms in total. The summed E-state index contributed by atoms with van der Waals surface area (Å²) in [5, 5.41) is 1.72. The minimum Gasteiger partial charge on any atom is -0.204 e. The van der Waals surface area contributed by atoms with E-state index in [-0.39, 0.29) is 5.56 Å². The van der Waals surface area contributed by atoms with Crippen LogP contribution in [0, 0.1) is 24.4 Å². The van der Waals surface area contributed by atoms with Crippen molar-refractivity contribution in [3.05, 3.63) is 95.8 Å². The monoisotopic (exact) mass is 348 g/mol. The largest absolute Gasteiger partial charge is 0.204 e. The van der Waals surface area contributed by atoms with Crippen molar-refractivity contribution in [1.29, 1.82) is 0 Å². The molecule has 4 rings (SSSR count). The van der Waals surface area contributed by atoms with E-state index >= 15 is 0 Å². The zero-order chi connectivity index (χ0) is 18.3. The van der Waals surface area contributed by atoms with E-state index in [4.69, 9.17) is 0 Å². The molecular formula is C23H15F3. The molecule has 26 heavy (non-hydrogen) atoms. The number of halogens is 3. The van der Waals surface area contributed by atoms with Crippen LogP contribution in [0.25, 0.3) is 33.0 Å². The average molecular weight is 348 g/mol. The summed E-state index contributed by atoms with van der Waals surface area (Å²) < 4.78 is 41.7. The van der Waals surface area contributed by atoms with Gasteiger partial charge >= 0.3 is 0 Å². The van der Waals surface area contributed by atoms with Gasteiger partial charge in [0, 0.05) is 5.56 Å². The third kappa shape index (κ3) is 2.57. The normalized spacial score (nSPS) is 11.1. The fourth-order valence-electron chi connectivity index (χ4n) is 3.40. The summed E-state index contributed by atoms with van der Waals surface area (Å²) in [4.78, 5) is 0. The minimum absolute atomic E-state index is 0.0514. The second kappa shape index (κ2) is 6.34. The second-order valence-electron chi connectivity index (χ2n) is 6.25. The van der Waals surface area contributed by atoms with Gasteiger partial charge in [-0.05, 0) is 52.1 Å². The fraction of sp³-hybridized carbons (Fsp3) is 0.0435. The van der Waals surface area contributed by atoms with Gasteiger partial charge in [0.15, 0.2) is 17.5 Å². The van der Waals surface area contributed by atoms with Crippen LogP contribution in [0.4, 0.5) is 13.2 Å². The Hall–Kier alpha value is -3.07. The van der Waals surface area contributed by atoms with Crippen LogP contribution >= 0.6 is 0 Å². The molecule has 0 saturated carbocycles. The number of benzene rings is 4. The van der Waals surface area contributed by atoms with Gasteiger partial charge in [0.25, 0.3) is 0 Å². The van der Waals surface area contributed by atoms with Crippen molar-refractivity contribution in [3.8, 4) is 22.3 Å². The van der Waals surface area contributed by atoms with Gasteiger partial charge in [-0.25, -0.2) is 13.2 Å². The lowest BCUT2D eigenvalue weighted by atomic mass is 9.90. The van der Waals surface area contributed by atoms with Crippen molar-refractivity contribution >= 4 is 10.8 Å². The molecule has 0 atom stereocenters. The van der Waals surface area contributed by atoms with Gasteiger partial charge in [-0.1, -0.05) is 60.7 Å². The molecule has 0 saturated heterocycles. The van der Waals surface area contributed by atoms with Crippen molar-refractivity contribution < 1.29 is 13.2 Å². The first-order valence-electron chi connectivity index (χ1n) is 8.29. The van der Waals surface area contributed by atoms with Crippen molar-refractivity contribution in [2.75, 3.05) is 0 Å². The maximum absolute atomic E-state index is 14.5. The summed E-state index contributed by atoms with van der Waals surface area (Å²) in [6.45, 7) is 2.01. The molecule has 0 aliphatic heterocycles. The summed E-state index contributed by atoms with van der Waals surface area (Å²) in [6, 6.07) is 21.5. The molecule has 0 aliphatic carbocycles. The van der Waals surface area contributed by atoms with Gasteiger partial charge in [0.2, 0.25) is 0 Å². The van der Waals surface area contributed by atoms with Crippen molar-refractivity contribution in [1.82, 2.24) is 0 Å². The van der Waals surface area contributed by atoms with E-state index in [9.17, 15) is 13.2 Å². The Balaban J connectivity index is 2.10. The van der Waals surface area contributed by atoms with Gasteiger partial charge in [-0.3, -0.25) is 0 Å². The predicted octanol–water partition coefficient (Wildman–Crippen LogP) is 6.90. The van der Waals surface area contributed by atoms with Gasteiger partial charge in [-0.2, -0.15) is 0 Å². The summed E-state index contributed by atoms with van der Waals surface area (Å²) >= 11 is 0. The molecule has 0 fully saturated rings. The van der Waals surface area contributed by atoms with E-state index < -0.39 is 17.5 Å².